The van der Waals surface area contributed by atoms with Gasteiger partial charge in [-0.05, 0) is 17.7 Å². The lowest BCUT2D eigenvalue weighted by molar-refractivity contribution is 0.268. The number of pyridine rings is 1. The van der Waals surface area contributed by atoms with Gasteiger partial charge in [-0.25, -0.2) is 0 Å². The van der Waals surface area contributed by atoms with E-state index in [4.69, 9.17) is 26.2 Å². The fourth-order valence-corrected chi connectivity index (χ4v) is 1.69. The summed E-state index contributed by atoms with van der Waals surface area (Å²) in [6, 6.07) is 9.06. The molecule has 5 heteroatoms. The van der Waals surface area contributed by atoms with Crippen LogP contribution in [-0.2, 0) is 13.2 Å². The van der Waals surface area contributed by atoms with E-state index in [2.05, 4.69) is 4.98 Å². The molecule has 1 heterocycles. The molecule has 0 unspecified atom stereocenters. The van der Waals surface area contributed by atoms with Crippen LogP contribution in [0.1, 0.15) is 11.3 Å². The van der Waals surface area contributed by atoms with Crippen molar-refractivity contribution in [3.63, 3.8) is 0 Å². The summed E-state index contributed by atoms with van der Waals surface area (Å²) < 4.78 is 10.8. The Kier molecular flexibility index (Phi) is 4.60. The molecule has 19 heavy (non-hydrogen) atoms. The molecular formula is C14H14ClNO3. The fraction of sp³-hybridized carbons (Fsp3) is 0.214. The average Bonchev–Trinajstić information content (AvgIpc) is 2.46. The van der Waals surface area contributed by atoms with Crippen LogP contribution in [0.15, 0.2) is 36.5 Å². The Hall–Kier alpha value is -1.78. The van der Waals surface area contributed by atoms with Crippen LogP contribution in [0.25, 0.3) is 0 Å². The largest absolute Gasteiger partial charge is 0.493 e. The van der Waals surface area contributed by atoms with Crippen molar-refractivity contribution in [2.24, 2.45) is 0 Å². The smallest absolute Gasteiger partial charge is 0.179 e. The maximum atomic E-state index is 9.01. The highest BCUT2D eigenvalue weighted by atomic mass is 35.5. The number of hydrogen-bond donors (Lipinski definition) is 1. The van der Waals surface area contributed by atoms with Gasteiger partial charge in [0.15, 0.2) is 11.5 Å². The Morgan fingerprint density at radius 3 is 2.58 bits per heavy atom. The van der Waals surface area contributed by atoms with Crippen molar-refractivity contribution in [3.8, 4) is 11.5 Å². The van der Waals surface area contributed by atoms with Crippen LogP contribution < -0.4 is 9.47 Å². The number of aliphatic hydroxyl groups is 1. The Morgan fingerprint density at radius 2 is 1.95 bits per heavy atom. The second kappa shape index (κ2) is 6.41. The van der Waals surface area contributed by atoms with Crippen LogP contribution in [-0.4, -0.2) is 17.2 Å². The van der Waals surface area contributed by atoms with Gasteiger partial charge in [0.1, 0.15) is 6.61 Å². The third-order valence-electron chi connectivity index (χ3n) is 2.58. The molecule has 0 atom stereocenters. The number of methoxy groups -OCH3 is 1. The van der Waals surface area contributed by atoms with Crippen molar-refractivity contribution in [2.45, 2.75) is 13.2 Å². The molecule has 0 saturated heterocycles. The summed E-state index contributed by atoms with van der Waals surface area (Å²) in [6.07, 6.45) is 1.54. The van der Waals surface area contributed by atoms with Crippen LogP contribution in [0.5, 0.6) is 11.5 Å². The van der Waals surface area contributed by atoms with Crippen LogP contribution >= 0.6 is 11.6 Å². The number of aliphatic hydroxyl groups excluding tert-OH is 1. The van der Waals surface area contributed by atoms with Gasteiger partial charge in [-0.3, -0.25) is 4.98 Å². The van der Waals surface area contributed by atoms with Crippen LogP contribution in [0.4, 0.5) is 0 Å². The van der Waals surface area contributed by atoms with Crippen molar-refractivity contribution in [1.29, 1.82) is 0 Å². The van der Waals surface area contributed by atoms with E-state index in [1.165, 1.54) is 0 Å². The number of rotatable bonds is 5. The molecule has 0 aliphatic rings. The summed E-state index contributed by atoms with van der Waals surface area (Å²) in [6.45, 7) is 0.265. The van der Waals surface area contributed by atoms with Crippen LogP contribution in [0.3, 0.4) is 0 Å². The Bertz CT molecular complexity index is 543. The maximum absolute atomic E-state index is 9.01. The normalized spacial score (nSPS) is 10.3. The van der Waals surface area contributed by atoms with E-state index in [0.29, 0.717) is 28.8 Å². The van der Waals surface area contributed by atoms with Gasteiger partial charge >= 0.3 is 0 Å². The number of halogens is 1. The molecule has 0 spiro atoms. The molecule has 0 aliphatic heterocycles. The standard InChI is InChI=1S/C14H14ClNO3/c1-18-13-6-12(8-17)16-7-14(13)19-9-10-2-4-11(15)5-3-10/h2-7,17H,8-9H2,1H3. The molecule has 1 N–H and O–H groups in total. The molecule has 0 saturated carbocycles. The minimum Gasteiger partial charge on any atom is -0.493 e. The van der Waals surface area contributed by atoms with Crippen molar-refractivity contribution in [3.05, 3.63) is 52.8 Å². The zero-order chi connectivity index (χ0) is 13.7. The first-order chi connectivity index (χ1) is 9.22. The quantitative estimate of drug-likeness (QED) is 0.914. The topological polar surface area (TPSA) is 51.6 Å². The number of ether oxygens (including phenoxy) is 2. The second-order valence-corrected chi connectivity index (χ2v) is 4.34. The van der Waals surface area contributed by atoms with Gasteiger partial charge in [-0.1, -0.05) is 23.7 Å². The molecule has 0 radical (unpaired) electrons. The van der Waals surface area contributed by atoms with Crippen molar-refractivity contribution >= 4 is 11.6 Å². The van der Waals surface area contributed by atoms with Gasteiger partial charge < -0.3 is 14.6 Å². The molecule has 100 valence electrons. The van der Waals surface area contributed by atoms with Crippen molar-refractivity contribution in [2.75, 3.05) is 7.11 Å². The van der Waals surface area contributed by atoms with Gasteiger partial charge in [0.2, 0.25) is 0 Å². The molecule has 0 fully saturated rings. The number of hydrogen-bond acceptors (Lipinski definition) is 4. The Morgan fingerprint density at radius 1 is 1.21 bits per heavy atom. The van der Waals surface area contributed by atoms with Crippen molar-refractivity contribution in [1.82, 2.24) is 4.98 Å². The van der Waals surface area contributed by atoms with E-state index in [1.54, 1.807) is 19.4 Å². The highest BCUT2D eigenvalue weighted by Gasteiger charge is 2.07. The summed E-state index contributed by atoms with van der Waals surface area (Å²) in [5, 5.41) is 9.70. The summed E-state index contributed by atoms with van der Waals surface area (Å²) >= 11 is 5.82. The highest BCUT2D eigenvalue weighted by Crippen LogP contribution is 2.27. The van der Waals surface area contributed by atoms with Gasteiger partial charge in [-0.2, -0.15) is 0 Å². The highest BCUT2D eigenvalue weighted by molar-refractivity contribution is 6.30. The predicted octanol–water partition coefficient (Wildman–Crippen LogP) is 2.81. The number of nitrogens with zero attached hydrogens (tertiary/aromatic N) is 1. The Balaban J connectivity index is 2.08. The zero-order valence-electron chi connectivity index (χ0n) is 10.5. The van der Waals surface area contributed by atoms with Crippen LogP contribution in [0.2, 0.25) is 5.02 Å². The van der Waals surface area contributed by atoms with E-state index in [9.17, 15) is 0 Å². The van der Waals surface area contributed by atoms with Crippen LogP contribution in [0, 0.1) is 0 Å². The summed E-state index contributed by atoms with van der Waals surface area (Å²) in [5.41, 5.74) is 1.54. The van der Waals surface area contributed by atoms with E-state index in [0.717, 1.165) is 5.56 Å². The van der Waals surface area contributed by atoms with Gasteiger partial charge in [0.25, 0.3) is 0 Å². The maximum Gasteiger partial charge on any atom is 0.179 e. The lowest BCUT2D eigenvalue weighted by Crippen LogP contribution is -2.00. The molecule has 4 nitrogen and oxygen atoms in total. The molecular weight excluding hydrogens is 266 g/mol. The van der Waals surface area contributed by atoms with Crippen molar-refractivity contribution < 1.29 is 14.6 Å². The summed E-state index contributed by atoms with van der Waals surface area (Å²) in [4.78, 5) is 4.06. The first kappa shape index (κ1) is 13.6. The molecule has 2 rings (SSSR count). The SMILES string of the molecule is COc1cc(CO)ncc1OCc1ccc(Cl)cc1. The minimum absolute atomic E-state index is 0.131. The molecule has 1 aromatic carbocycles. The number of benzene rings is 1. The molecule has 0 amide bonds. The lowest BCUT2D eigenvalue weighted by Gasteiger charge is -2.11. The fourth-order valence-electron chi connectivity index (χ4n) is 1.56. The Labute approximate surface area is 116 Å². The molecule has 2 aromatic rings. The summed E-state index contributed by atoms with van der Waals surface area (Å²) in [7, 11) is 1.55. The third-order valence-corrected chi connectivity index (χ3v) is 2.83. The lowest BCUT2D eigenvalue weighted by atomic mass is 10.2. The second-order valence-electron chi connectivity index (χ2n) is 3.90. The van der Waals surface area contributed by atoms with E-state index in [1.807, 2.05) is 24.3 Å². The minimum atomic E-state index is -0.131. The molecule has 0 aliphatic carbocycles. The molecule has 1 aromatic heterocycles. The predicted molar refractivity (Wildman–Crippen MR) is 72.5 cm³/mol. The number of aromatic nitrogens is 1. The van der Waals surface area contributed by atoms with Gasteiger partial charge in [0.05, 0.1) is 25.6 Å². The van der Waals surface area contributed by atoms with Gasteiger partial charge in [0, 0.05) is 11.1 Å². The van der Waals surface area contributed by atoms with Gasteiger partial charge in [-0.15, -0.1) is 0 Å². The first-order valence-corrected chi connectivity index (χ1v) is 6.11. The van der Waals surface area contributed by atoms with E-state index in [-0.39, 0.29) is 6.61 Å². The third kappa shape index (κ3) is 3.59. The summed E-state index contributed by atoms with van der Waals surface area (Å²) in [5.74, 6) is 1.09. The zero-order valence-corrected chi connectivity index (χ0v) is 11.2. The first-order valence-electron chi connectivity index (χ1n) is 5.74. The molecule has 0 bridgehead atoms. The monoisotopic (exact) mass is 279 g/mol. The van der Waals surface area contributed by atoms with E-state index >= 15 is 0 Å². The van der Waals surface area contributed by atoms with E-state index < -0.39 is 0 Å². The average molecular weight is 280 g/mol.